The number of carbonyl (C=O) groups is 2. The van der Waals surface area contributed by atoms with Crippen molar-refractivity contribution in [3.05, 3.63) is 47.5 Å². The number of ether oxygens (including phenoxy) is 3. The van der Waals surface area contributed by atoms with Crippen molar-refractivity contribution >= 4 is 22.9 Å². The van der Waals surface area contributed by atoms with Crippen molar-refractivity contribution in [2.45, 2.75) is 27.2 Å². The summed E-state index contributed by atoms with van der Waals surface area (Å²) in [6.07, 6.45) is -0.202. The second-order valence-corrected chi connectivity index (χ2v) is 5.49. The van der Waals surface area contributed by atoms with Gasteiger partial charge < -0.3 is 14.2 Å². The van der Waals surface area contributed by atoms with E-state index in [1.807, 2.05) is 32.0 Å². The molecule has 0 saturated carbocycles. The van der Waals surface area contributed by atoms with Gasteiger partial charge in [0.15, 0.2) is 0 Å². The molecule has 126 valence electrons. The van der Waals surface area contributed by atoms with Gasteiger partial charge in [-0.2, -0.15) is 0 Å². The maximum Gasteiger partial charge on any atom is 0.513 e. The Hall–Kier alpha value is -2.82. The normalized spacial score (nSPS) is 10.3. The highest BCUT2D eigenvalue weighted by molar-refractivity contribution is 5.99. The molecular weight excluding hydrogens is 308 g/mol. The highest BCUT2D eigenvalue weighted by atomic mass is 16.7. The maximum atomic E-state index is 12.0. The molecule has 0 aliphatic rings. The monoisotopic (exact) mass is 328 g/mol. The van der Waals surface area contributed by atoms with Crippen molar-refractivity contribution in [1.29, 1.82) is 0 Å². The summed E-state index contributed by atoms with van der Waals surface area (Å²) in [5.74, 6) is 0.332. The molecule has 0 aromatic heterocycles. The molecule has 0 heterocycles. The van der Waals surface area contributed by atoms with Gasteiger partial charge in [-0.1, -0.05) is 31.2 Å². The van der Waals surface area contributed by atoms with Gasteiger partial charge >= 0.3 is 12.1 Å². The van der Waals surface area contributed by atoms with Crippen LogP contribution in [0.2, 0.25) is 0 Å². The Morgan fingerprint density at radius 2 is 1.83 bits per heavy atom. The third-order valence-electron chi connectivity index (χ3n) is 3.57. The first-order valence-corrected chi connectivity index (χ1v) is 7.57. The van der Waals surface area contributed by atoms with E-state index >= 15 is 0 Å². The fourth-order valence-electron chi connectivity index (χ4n) is 2.31. The predicted octanol–water partition coefficient (Wildman–Crippen LogP) is 4.34. The van der Waals surface area contributed by atoms with Crippen molar-refractivity contribution in [1.82, 2.24) is 0 Å². The lowest BCUT2D eigenvalue weighted by molar-refractivity contribution is -0.130. The van der Waals surface area contributed by atoms with Crippen molar-refractivity contribution in [3.63, 3.8) is 0 Å². The average Bonchev–Trinajstić information content (AvgIpc) is 2.56. The zero-order chi connectivity index (χ0) is 17.9. The molecule has 0 fully saturated rings. The molecule has 0 aliphatic heterocycles. The van der Waals surface area contributed by atoms with E-state index in [9.17, 15) is 9.59 Å². The summed E-state index contributed by atoms with van der Waals surface area (Å²) in [6, 6.07) is 7.31. The van der Waals surface area contributed by atoms with E-state index in [-0.39, 0.29) is 0 Å². The van der Waals surface area contributed by atoms with Gasteiger partial charge in [0.25, 0.3) is 0 Å². The Kier molecular flexibility index (Phi) is 5.24. The van der Waals surface area contributed by atoms with Gasteiger partial charge in [-0.15, -0.1) is 0 Å². The highest BCUT2D eigenvalue weighted by Gasteiger charge is 2.18. The molecule has 2 rings (SSSR count). The summed E-state index contributed by atoms with van der Waals surface area (Å²) in [5, 5.41) is 1.36. The number of hydrogen-bond donors (Lipinski definition) is 0. The SMILES string of the molecule is C=C(C)C(=O)Oc1c(CC)cc(OC(=O)OC)c2cc(C)ccc12. The van der Waals surface area contributed by atoms with Crippen LogP contribution in [0.15, 0.2) is 36.4 Å². The summed E-state index contributed by atoms with van der Waals surface area (Å²) >= 11 is 0. The number of benzene rings is 2. The molecule has 2 aromatic carbocycles. The van der Waals surface area contributed by atoms with E-state index < -0.39 is 12.1 Å². The lowest BCUT2D eigenvalue weighted by Crippen LogP contribution is -2.12. The van der Waals surface area contributed by atoms with E-state index in [1.54, 1.807) is 13.0 Å². The summed E-state index contributed by atoms with van der Waals surface area (Å²) < 4.78 is 15.4. The van der Waals surface area contributed by atoms with Crippen LogP contribution in [-0.4, -0.2) is 19.2 Å². The molecule has 0 atom stereocenters. The number of rotatable bonds is 4. The lowest BCUT2D eigenvalue weighted by atomic mass is 10.0. The highest BCUT2D eigenvalue weighted by Crippen LogP contribution is 2.38. The Morgan fingerprint density at radius 3 is 2.42 bits per heavy atom. The number of carbonyl (C=O) groups excluding carboxylic acids is 2. The van der Waals surface area contributed by atoms with Gasteiger partial charge in [0.05, 0.1) is 7.11 Å². The average molecular weight is 328 g/mol. The minimum Gasteiger partial charge on any atom is -0.437 e. The zero-order valence-electron chi connectivity index (χ0n) is 14.3. The van der Waals surface area contributed by atoms with Gasteiger partial charge in [-0.3, -0.25) is 0 Å². The minimum atomic E-state index is -0.800. The fraction of sp³-hybridized carbons (Fsp3) is 0.263. The van der Waals surface area contributed by atoms with Crippen LogP contribution in [0.25, 0.3) is 10.8 Å². The molecular formula is C19H20O5. The third-order valence-corrected chi connectivity index (χ3v) is 3.57. The minimum absolute atomic E-state index is 0.312. The topological polar surface area (TPSA) is 61.8 Å². The van der Waals surface area contributed by atoms with Crippen LogP contribution in [0.4, 0.5) is 4.79 Å². The van der Waals surface area contributed by atoms with Crippen molar-refractivity contribution in [2.24, 2.45) is 0 Å². The maximum absolute atomic E-state index is 12.0. The van der Waals surface area contributed by atoms with Crippen LogP contribution >= 0.6 is 0 Å². The van der Waals surface area contributed by atoms with Gasteiger partial charge in [-0.25, -0.2) is 9.59 Å². The molecule has 0 spiro atoms. The lowest BCUT2D eigenvalue weighted by Gasteiger charge is -2.16. The predicted molar refractivity (Wildman–Crippen MR) is 91.5 cm³/mol. The van der Waals surface area contributed by atoms with Gasteiger partial charge in [0, 0.05) is 16.3 Å². The van der Waals surface area contributed by atoms with Gasteiger partial charge in [-0.05, 0) is 38.0 Å². The van der Waals surface area contributed by atoms with Crippen molar-refractivity contribution in [3.8, 4) is 11.5 Å². The largest absolute Gasteiger partial charge is 0.513 e. The zero-order valence-corrected chi connectivity index (χ0v) is 14.3. The Bertz CT molecular complexity index is 820. The van der Waals surface area contributed by atoms with Crippen molar-refractivity contribution in [2.75, 3.05) is 7.11 Å². The Morgan fingerprint density at radius 1 is 1.12 bits per heavy atom. The van der Waals surface area contributed by atoms with E-state index in [4.69, 9.17) is 9.47 Å². The molecule has 0 bridgehead atoms. The summed E-state index contributed by atoms with van der Waals surface area (Å²) in [6.45, 7) is 9.05. The first-order chi connectivity index (χ1) is 11.4. The number of methoxy groups -OCH3 is 1. The van der Waals surface area contributed by atoms with E-state index in [1.165, 1.54) is 7.11 Å². The van der Waals surface area contributed by atoms with Gasteiger partial charge in [0.2, 0.25) is 0 Å². The number of hydrogen-bond acceptors (Lipinski definition) is 5. The molecule has 0 radical (unpaired) electrons. The van der Waals surface area contributed by atoms with E-state index in [0.29, 0.717) is 34.3 Å². The molecule has 0 aliphatic carbocycles. The van der Waals surface area contributed by atoms with Crippen LogP contribution in [0, 0.1) is 6.92 Å². The standard InChI is InChI=1S/C19H20O5/c1-6-13-10-16(23-19(21)22-5)15-9-12(4)7-8-14(15)17(13)24-18(20)11(2)3/h7-10H,2,6H2,1,3-5H3. The van der Waals surface area contributed by atoms with Crippen LogP contribution in [0.3, 0.4) is 0 Å². The molecule has 2 aromatic rings. The summed E-state index contributed by atoms with van der Waals surface area (Å²) in [7, 11) is 1.25. The molecule has 5 nitrogen and oxygen atoms in total. The molecule has 0 N–H and O–H groups in total. The van der Waals surface area contributed by atoms with Crippen LogP contribution in [0.1, 0.15) is 25.0 Å². The van der Waals surface area contributed by atoms with Crippen LogP contribution in [0.5, 0.6) is 11.5 Å². The molecule has 5 heteroatoms. The number of esters is 1. The van der Waals surface area contributed by atoms with Gasteiger partial charge in [0.1, 0.15) is 11.5 Å². The summed E-state index contributed by atoms with van der Waals surface area (Å²) in [4.78, 5) is 23.5. The molecule has 24 heavy (non-hydrogen) atoms. The smallest absolute Gasteiger partial charge is 0.437 e. The summed E-state index contributed by atoms with van der Waals surface area (Å²) in [5.41, 5.74) is 2.05. The molecule has 0 unspecified atom stereocenters. The van der Waals surface area contributed by atoms with Crippen molar-refractivity contribution < 1.29 is 23.8 Å². The Balaban J connectivity index is 2.69. The molecule has 0 saturated heterocycles. The fourth-order valence-corrected chi connectivity index (χ4v) is 2.31. The first-order valence-electron chi connectivity index (χ1n) is 7.57. The quantitative estimate of drug-likeness (QED) is 0.362. The second-order valence-electron chi connectivity index (χ2n) is 5.49. The third kappa shape index (κ3) is 3.56. The second kappa shape index (κ2) is 7.17. The first kappa shape index (κ1) is 17.5. The van der Waals surface area contributed by atoms with E-state index in [0.717, 1.165) is 11.1 Å². The number of fused-ring (bicyclic) bond motifs is 1. The Labute approximate surface area is 140 Å². The molecule has 0 amide bonds. The van der Waals surface area contributed by atoms with Crippen LogP contribution in [-0.2, 0) is 16.0 Å². The van der Waals surface area contributed by atoms with Crippen LogP contribution < -0.4 is 9.47 Å². The number of aryl methyl sites for hydroxylation is 2. The van der Waals surface area contributed by atoms with E-state index in [2.05, 4.69) is 11.3 Å².